The summed E-state index contributed by atoms with van der Waals surface area (Å²) >= 11 is 5.93. The van der Waals surface area contributed by atoms with Crippen LogP contribution in [0.25, 0.3) is 0 Å². The lowest BCUT2D eigenvalue weighted by atomic mass is 9.81. The molecule has 1 aliphatic heterocycles. The molecule has 5 amide bonds. The molecule has 2 unspecified atom stereocenters. The third kappa shape index (κ3) is 5.96. The van der Waals surface area contributed by atoms with E-state index in [2.05, 4.69) is 10.6 Å². The number of halogens is 1. The first-order valence-corrected chi connectivity index (χ1v) is 13.3. The van der Waals surface area contributed by atoms with Crippen LogP contribution in [0.2, 0.25) is 5.02 Å². The largest absolute Gasteiger partial charge is 0.353 e. The summed E-state index contributed by atoms with van der Waals surface area (Å²) in [4.78, 5) is 54.8. The van der Waals surface area contributed by atoms with Crippen LogP contribution in [0.1, 0.15) is 49.7 Å². The Morgan fingerprint density at radius 2 is 1.54 bits per heavy atom. The second-order valence-corrected chi connectivity index (χ2v) is 10.6. The molecule has 3 aliphatic rings. The van der Waals surface area contributed by atoms with Gasteiger partial charge < -0.3 is 15.5 Å². The van der Waals surface area contributed by atoms with Crippen molar-refractivity contribution in [2.45, 2.75) is 63.6 Å². The van der Waals surface area contributed by atoms with Crippen LogP contribution in [0, 0.1) is 5.92 Å². The molecule has 2 aromatic carbocycles. The zero-order valence-corrected chi connectivity index (χ0v) is 21.4. The fourth-order valence-electron chi connectivity index (χ4n) is 5.19. The highest BCUT2D eigenvalue weighted by Crippen LogP contribution is 2.36. The van der Waals surface area contributed by atoms with E-state index >= 15 is 0 Å². The van der Waals surface area contributed by atoms with Crippen LogP contribution in [-0.4, -0.2) is 47.3 Å². The van der Waals surface area contributed by atoms with E-state index in [-0.39, 0.29) is 42.6 Å². The van der Waals surface area contributed by atoms with E-state index in [0.29, 0.717) is 36.1 Å². The summed E-state index contributed by atoms with van der Waals surface area (Å²) in [7, 11) is 0. The predicted molar refractivity (Wildman–Crippen MR) is 140 cm³/mol. The van der Waals surface area contributed by atoms with E-state index in [4.69, 9.17) is 11.6 Å². The zero-order valence-electron chi connectivity index (χ0n) is 20.6. The van der Waals surface area contributed by atoms with Crippen LogP contribution in [-0.2, 0) is 27.3 Å². The van der Waals surface area contributed by atoms with Gasteiger partial charge in [-0.2, -0.15) is 0 Å². The molecule has 9 heteroatoms. The van der Waals surface area contributed by atoms with Gasteiger partial charge in [-0.05, 0) is 61.1 Å². The van der Waals surface area contributed by atoms with Crippen molar-refractivity contribution in [3.8, 4) is 0 Å². The van der Waals surface area contributed by atoms with Gasteiger partial charge in [-0.1, -0.05) is 48.7 Å². The number of carbonyl (C=O) groups is 4. The van der Waals surface area contributed by atoms with Gasteiger partial charge in [0.1, 0.15) is 6.54 Å². The minimum absolute atomic E-state index is 0.0267. The molecular formula is C28H31ClN4O4. The Balaban J connectivity index is 1.28. The molecule has 0 aromatic heterocycles. The molecule has 3 fully saturated rings. The molecule has 1 heterocycles. The number of nitrogens with one attached hydrogen (secondary N) is 2. The van der Waals surface area contributed by atoms with Crippen molar-refractivity contribution in [2.24, 2.45) is 5.92 Å². The molecule has 5 rings (SSSR count). The lowest BCUT2D eigenvalue weighted by Crippen LogP contribution is -2.64. The van der Waals surface area contributed by atoms with Crippen molar-refractivity contribution in [1.29, 1.82) is 0 Å². The second kappa shape index (κ2) is 10.9. The number of anilines is 1. The van der Waals surface area contributed by atoms with Gasteiger partial charge in [0, 0.05) is 23.7 Å². The monoisotopic (exact) mass is 522 g/mol. The molecule has 0 bridgehead atoms. The lowest BCUT2D eigenvalue weighted by Gasteiger charge is -2.46. The fourth-order valence-corrected chi connectivity index (χ4v) is 5.32. The summed E-state index contributed by atoms with van der Waals surface area (Å²) in [5.74, 6) is -0.855. The number of imide groups is 1. The first kappa shape index (κ1) is 25.3. The molecule has 0 radical (unpaired) electrons. The number of carbonyl (C=O) groups excluding carboxylic acids is 4. The topological polar surface area (TPSA) is 98.8 Å². The van der Waals surface area contributed by atoms with Crippen LogP contribution >= 0.6 is 11.6 Å². The minimum Gasteiger partial charge on any atom is -0.353 e. The molecule has 0 spiro atoms. The van der Waals surface area contributed by atoms with Crippen molar-refractivity contribution in [1.82, 2.24) is 15.5 Å². The maximum atomic E-state index is 13.6. The highest BCUT2D eigenvalue weighted by molar-refractivity contribution is 6.30. The van der Waals surface area contributed by atoms with Crippen LogP contribution in [0.3, 0.4) is 0 Å². The molecule has 8 nitrogen and oxygen atoms in total. The number of rotatable bonds is 8. The number of amides is 5. The third-order valence-electron chi connectivity index (χ3n) is 7.32. The first-order valence-electron chi connectivity index (χ1n) is 12.9. The minimum atomic E-state index is -0.478. The molecule has 2 aliphatic carbocycles. The van der Waals surface area contributed by atoms with Gasteiger partial charge in [0.15, 0.2) is 0 Å². The lowest BCUT2D eigenvalue weighted by molar-refractivity contribution is -0.130. The Morgan fingerprint density at radius 3 is 2.24 bits per heavy atom. The van der Waals surface area contributed by atoms with Crippen molar-refractivity contribution in [3.63, 3.8) is 0 Å². The number of hydrogen-bond donors (Lipinski definition) is 2. The fraction of sp³-hybridized carbons (Fsp3) is 0.429. The number of benzene rings is 2. The summed E-state index contributed by atoms with van der Waals surface area (Å²) < 4.78 is 0. The summed E-state index contributed by atoms with van der Waals surface area (Å²) in [5.41, 5.74) is 2.17. The summed E-state index contributed by atoms with van der Waals surface area (Å²) in [6.45, 7) is 0.210. The van der Waals surface area contributed by atoms with Gasteiger partial charge in [0.2, 0.25) is 17.7 Å². The Hall–Kier alpha value is -3.39. The average molecular weight is 523 g/mol. The molecule has 2 N–H and O–H groups in total. The first-order chi connectivity index (χ1) is 17.9. The standard InChI is InChI=1S/C28H31ClN4O4/c29-20-9-5-19(6-10-20)16-30-26(35)17-32-24-4-2-1-3-23(24)27(36)33(28(32)37)22-13-7-18(8-14-22)15-25(34)31-21-11-12-21/h5-10,13-14,21,23-24H,1-4,11-12,15-17H2,(H,30,35)(H,31,34). The normalized spacial score (nSPS) is 21.4. The summed E-state index contributed by atoms with van der Waals surface area (Å²) in [5, 5.41) is 6.46. The Labute approximate surface area is 221 Å². The average Bonchev–Trinajstić information content (AvgIpc) is 3.71. The predicted octanol–water partition coefficient (Wildman–Crippen LogP) is 3.80. The van der Waals surface area contributed by atoms with Crippen LogP contribution in [0.5, 0.6) is 0 Å². The van der Waals surface area contributed by atoms with Gasteiger partial charge in [-0.3, -0.25) is 14.4 Å². The van der Waals surface area contributed by atoms with Crippen molar-refractivity contribution in [3.05, 3.63) is 64.7 Å². The van der Waals surface area contributed by atoms with Crippen LogP contribution in [0.4, 0.5) is 10.5 Å². The molecule has 194 valence electrons. The molecule has 2 aromatic rings. The molecule has 37 heavy (non-hydrogen) atoms. The number of hydrogen-bond acceptors (Lipinski definition) is 4. The van der Waals surface area contributed by atoms with Gasteiger partial charge >= 0.3 is 6.03 Å². The number of urea groups is 1. The van der Waals surface area contributed by atoms with Gasteiger partial charge in [0.05, 0.1) is 18.0 Å². The molecule has 2 atom stereocenters. The van der Waals surface area contributed by atoms with Gasteiger partial charge in [-0.15, -0.1) is 0 Å². The quantitative estimate of drug-likeness (QED) is 0.551. The third-order valence-corrected chi connectivity index (χ3v) is 7.57. The van der Waals surface area contributed by atoms with Crippen molar-refractivity contribution in [2.75, 3.05) is 11.4 Å². The van der Waals surface area contributed by atoms with Crippen LogP contribution in [0.15, 0.2) is 48.5 Å². The summed E-state index contributed by atoms with van der Waals surface area (Å²) in [6, 6.07) is 13.7. The van der Waals surface area contributed by atoms with E-state index in [9.17, 15) is 19.2 Å². The Morgan fingerprint density at radius 1 is 0.865 bits per heavy atom. The van der Waals surface area contributed by atoms with E-state index in [0.717, 1.165) is 36.8 Å². The Kier molecular flexibility index (Phi) is 7.46. The van der Waals surface area contributed by atoms with E-state index < -0.39 is 6.03 Å². The number of nitrogens with zero attached hydrogens (tertiary/aromatic N) is 2. The summed E-state index contributed by atoms with van der Waals surface area (Å²) in [6.07, 6.45) is 5.54. The number of fused-ring (bicyclic) bond motifs is 1. The smallest absolute Gasteiger partial charge is 0.332 e. The molecule has 2 saturated carbocycles. The SMILES string of the molecule is O=C(CN1C(=O)N(c2ccc(CC(=O)NC3CC3)cc2)C(=O)C2CCCCC21)NCc1ccc(Cl)cc1. The van der Waals surface area contributed by atoms with Gasteiger partial charge in [0.25, 0.3) is 0 Å². The highest BCUT2D eigenvalue weighted by Gasteiger charge is 2.48. The van der Waals surface area contributed by atoms with E-state index in [1.165, 1.54) is 4.90 Å². The Bertz CT molecular complexity index is 1180. The van der Waals surface area contributed by atoms with Crippen LogP contribution < -0.4 is 15.5 Å². The maximum Gasteiger partial charge on any atom is 0.332 e. The molecule has 1 saturated heterocycles. The van der Waals surface area contributed by atoms with E-state index in [1.54, 1.807) is 41.3 Å². The van der Waals surface area contributed by atoms with E-state index in [1.807, 2.05) is 12.1 Å². The van der Waals surface area contributed by atoms with Crippen molar-refractivity contribution < 1.29 is 19.2 Å². The second-order valence-electron chi connectivity index (χ2n) is 10.1. The highest BCUT2D eigenvalue weighted by atomic mass is 35.5. The maximum absolute atomic E-state index is 13.6. The zero-order chi connectivity index (χ0) is 25.9. The molecular weight excluding hydrogens is 492 g/mol. The van der Waals surface area contributed by atoms with Crippen molar-refractivity contribution >= 4 is 41.0 Å². The van der Waals surface area contributed by atoms with Gasteiger partial charge in [-0.25, -0.2) is 9.69 Å².